The molecule has 2 N–H and O–H groups in total. The van der Waals surface area contributed by atoms with Gasteiger partial charge < -0.3 is 15.5 Å². The quantitative estimate of drug-likeness (QED) is 0.905. The van der Waals surface area contributed by atoms with Crippen molar-refractivity contribution in [3.05, 3.63) is 23.9 Å². The molecule has 1 aliphatic rings. The molecule has 7 heteroatoms. The van der Waals surface area contributed by atoms with E-state index in [-0.39, 0.29) is 17.9 Å². The van der Waals surface area contributed by atoms with E-state index < -0.39 is 5.41 Å². The Balaban J connectivity index is 1.88. The maximum absolute atomic E-state index is 12.5. The Morgan fingerprint density at radius 3 is 2.42 bits per heavy atom. The van der Waals surface area contributed by atoms with Crippen molar-refractivity contribution in [2.75, 3.05) is 25.9 Å². The fraction of sp³-hybridized carbons (Fsp3) is 0.588. The molecule has 24 heavy (non-hydrogen) atoms. The Labute approximate surface area is 142 Å². The predicted octanol–water partition coefficient (Wildman–Crippen LogP) is 1.70. The average Bonchev–Trinajstić information content (AvgIpc) is 2.54. The van der Waals surface area contributed by atoms with E-state index in [9.17, 15) is 9.59 Å². The van der Waals surface area contributed by atoms with Crippen LogP contribution >= 0.6 is 0 Å². The van der Waals surface area contributed by atoms with Gasteiger partial charge in [-0.05, 0) is 45.7 Å². The zero-order valence-electron chi connectivity index (χ0n) is 14.8. The van der Waals surface area contributed by atoms with E-state index in [0.717, 1.165) is 12.8 Å². The van der Waals surface area contributed by atoms with Gasteiger partial charge in [0.15, 0.2) is 0 Å². The highest BCUT2D eigenvalue weighted by atomic mass is 16.7. The van der Waals surface area contributed by atoms with Crippen molar-refractivity contribution in [1.29, 1.82) is 0 Å². The number of hydrogen-bond donors (Lipinski definition) is 1. The number of pyridine rings is 1. The molecule has 0 radical (unpaired) electrons. The number of amides is 1. The molecule has 0 aliphatic carbocycles. The van der Waals surface area contributed by atoms with E-state index in [1.54, 1.807) is 29.1 Å². The Bertz CT molecular complexity index is 587. The zero-order valence-corrected chi connectivity index (χ0v) is 14.8. The van der Waals surface area contributed by atoms with Gasteiger partial charge in [-0.25, -0.2) is 9.78 Å². The summed E-state index contributed by atoms with van der Waals surface area (Å²) in [4.78, 5) is 35.5. The SMILES string of the molecule is CN(C(=O)c1ccc(N)nc1)C1CCN(OC(=O)C(C)(C)C)CC1. The first-order valence-corrected chi connectivity index (χ1v) is 8.14. The van der Waals surface area contributed by atoms with E-state index in [4.69, 9.17) is 10.6 Å². The fourth-order valence-electron chi connectivity index (χ4n) is 2.48. The van der Waals surface area contributed by atoms with Crippen molar-refractivity contribution in [1.82, 2.24) is 14.9 Å². The molecule has 0 saturated carbocycles. The third-order valence-corrected chi connectivity index (χ3v) is 4.15. The summed E-state index contributed by atoms with van der Waals surface area (Å²) in [6.45, 7) is 6.72. The molecule has 0 unspecified atom stereocenters. The summed E-state index contributed by atoms with van der Waals surface area (Å²) in [5, 5.41) is 1.69. The maximum atomic E-state index is 12.5. The van der Waals surface area contributed by atoms with Gasteiger partial charge in [0, 0.05) is 32.4 Å². The van der Waals surface area contributed by atoms with E-state index in [2.05, 4.69) is 4.98 Å². The number of carbonyl (C=O) groups is 2. The Morgan fingerprint density at radius 1 is 1.29 bits per heavy atom. The van der Waals surface area contributed by atoms with Gasteiger partial charge in [-0.2, -0.15) is 0 Å². The molecule has 1 fully saturated rings. The number of nitrogens with two attached hydrogens (primary N) is 1. The number of anilines is 1. The lowest BCUT2D eigenvalue weighted by molar-refractivity contribution is -0.205. The fourth-order valence-corrected chi connectivity index (χ4v) is 2.48. The van der Waals surface area contributed by atoms with Crippen LogP contribution in [0, 0.1) is 5.41 Å². The molecular weight excluding hydrogens is 308 g/mol. The van der Waals surface area contributed by atoms with Crippen LogP contribution in [0.4, 0.5) is 5.82 Å². The minimum absolute atomic E-state index is 0.0763. The van der Waals surface area contributed by atoms with Crippen LogP contribution in [-0.4, -0.2) is 53.0 Å². The monoisotopic (exact) mass is 334 g/mol. The van der Waals surface area contributed by atoms with Gasteiger partial charge in [-0.15, -0.1) is 5.06 Å². The highest BCUT2D eigenvalue weighted by Gasteiger charge is 2.30. The predicted molar refractivity (Wildman–Crippen MR) is 90.9 cm³/mol. The lowest BCUT2D eigenvalue weighted by Gasteiger charge is -2.36. The van der Waals surface area contributed by atoms with Gasteiger partial charge in [0.1, 0.15) is 5.82 Å². The number of carbonyl (C=O) groups excluding carboxylic acids is 2. The van der Waals surface area contributed by atoms with Crippen LogP contribution in [0.1, 0.15) is 44.0 Å². The topological polar surface area (TPSA) is 88.8 Å². The molecule has 1 aliphatic heterocycles. The summed E-state index contributed by atoms with van der Waals surface area (Å²) < 4.78 is 0. The van der Waals surface area contributed by atoms with Gasteiger partial charge in [0.25, 0.3) is 5.91 Å². The molecule has 1 saturated heterocycles. The van der Waals surface area contributed by atoms with Crippen LogP contribution in [0.15, 0.2) is 18.3 Å². The largest absolute Gasteiger partial charge is 0.384 e. The highest BCUT2D eigenvalue weighted by Crippen LogP contribution is 2.21. The molecule has 2 heterocycles. The Morgan fingerprint density at radius 2 is 1.92 bits per heavy atom. The second-order valence-corrected chi connectivity index (χ2v) is 7.18. The molecule has 1 aromatic rings. The summed E-state index contributed by atoms with van der Waals surface area (Å²) in [5.41, 5.74) is 5.55. The lowest BCUT2D eigenvalue weighted by Crippen LogP contribution is -2.46. The van der Waals surface area contributed by atoms with Crippen molar-refractivity contribution in [2.45, 2.75) is 39.7 Å². The first-order valence-electron chi connectivity index (χ1n) is 8.14. The van der Waals surface area contributed by atoms with Crippen molar-refractivity contribution < 1.29 is 14.4 Å². The first-order chi connectivity index (χ1) is 11.2. The van der Waals surface area contributed by atoms with Crippen LogP contribution in [0.5, 0.6) is 0 Å². The number of piperidine rings is 1. The van der Waals surface area contributed by atoms with Gasteiger partial charge in [0.05, 0.1) is 11.0 Å². The van der Waals surface area contributed by atoms with Crippen molar-refractivity contribution in [3.63, 3.8) is 0 Å². The third-order valence-electron chi connectivity index (χ3n) is 4.15. The van der Waals surface area contributed by atoms with Crippen molar-refractivity contribution in [2.24, 2.45) is 5.41 Å². The van der Waals surface area contributed by atoms with Gasteiger partial charge in [-0.1, -0.05) is 0 Å². The maximum Gasteiger partial charge on any atom is 0.330 e. The molecule has 1 amide bonds. The van der Waals surface area contributed by atoms with Crippen LogP contribution in [0.3, 0.4) is 0 Å². The molecule has 0 bridgehead atoms. The Hall–Kier alpha value is -2.15. The molecule has 132 valence electrons. The summed E-state index contributed by atoms with van der Waals surface area (Å²) >= 11 is 0. The molecule has 1 aromatic heterocycles. The minimum atomic E-state index is -0.522. The van der Waals surface area contributed by atoms with Gasteiger partial charge >= 0.3 is 5.97 Å². The van der Waals surface area contributed by atoms with E-state index in [1.807, 2.05) is 20.8 Å². The molecule has 0 aromatic carbocycles. The second kappa shape index (κ2) is 7.17. The number of hydrogen-bond acceptors (Lipinski definition) is 6. The highest BCUT2D eigenvalue weighted by molar-refractivity contribution is 5.94. The standard InChI is InChI=1S/C17H26N4O3/c1-17(2,3)16(23)24-21-9-7-13(8-10-21)20(4)15(22)12-5-6-14(18)19-11-12/h5-6,11,13H,7-10H2,1-4H3,(H2,18,19). The molecule has 0 atom stereocenters. The third kappa shape index (κ3) is 4.44. The van der Waals surface area contributed by atoms with E-state index in [1.165, 1.54) is 6.20 Å². The zero-order chi connectivity index (χ0) is 17.9. The average molecular weight is 334 g/mol. The number of nitrogens with zero attached hydrogens (tertiary/aromatic N) is 3. The van der Waals surface area contributed by atoms with Crippen LogP contribution in [0.2, 0.25) is 0 Å². The summed E-state index contributed by atoms with van der Waals surface area (Å²) in [7, 11) is 1.79. The molecule has 0 spiro atoms. The Kier molecular flexibility index (Phi) is 5.43. The van der Waals surface area contributed by atoms with Gasteiger partial charge in [0.2, 0.25) is 0 Å². The number of nitrogen functional groups attached to an aromatic ring is 1. The second-order valence-electron chi connectivity index (χ2n) is 7.18. The van der Waals surface area contributed by atoms with Crippen LogP contribution < -0.4 is 5.73 Å². The lowest BCUT2D eigenvalue weighted by atomic mass is 9.97. The van der Waals surface area contributed by atoms with Crippen LogP contribution in [-0.2, 0) is 9.63 Å². The summed E-state index contributed by atoms with van der Waals surface area (Å²) in [6.07, 6.45) is 3.00. The van der Waals surface area contributed by atoms with Crippen molar-refractivity contribution >= 4 is 17.7 Å². The minimum Gasteiger partial charge on any atom is -0.384 e. The van der Waals surface area contributed by atoms with Gasteiger partial charge in [-0.3, -0.25) is 4.79 Å². The molecule has 2 rings (SSSR count). The number of rotatable bonds is 3. The van der Waals surface area contributed by atoms with Crippen LogP contribution in [0.25, 0.3) is 0 Å². The van der Waals surface area contributed by atoms with Crippen molar-refractivity contribution in [3.8, 4) is 0 Å². The first kappa shape index (κ1) is 18.2. The smallest absolute Gasteiger partial charge is 0.330 e. The van der Waals surface area contributed by atoms with E-state index in [0.29, 0.717) is 24.5 Å². The number of aromatic nitrogens is 1. The molecule has 7 nitrogen and oxygen atoms in total. The normalized spacial score (nSPS) is 16.7. The summed E-state index contributed by atoms with van der Waals surface area (Å²) in [5.74, 6) is 0.0779. The summed E-state index contributed by atoms with van der Waals surface area (Å²) in [6, 6.07) is 3.41. The molecular formula is C17H26N4O3. The number of hydroxylamine groups is 2. The van der Waals surface area contributed by atoms with E-state index >= 15 is 0 Å².